The Morgan fingerprint density at radius 1 is 0.958 bits per heavy atom. The summed E-state index contributed by atoms with van der Waals surface area (Å²) < 4.78 is 51.8. The van der Waals surface area contributed by atoms with Crippen LogP contribution in [0.5, 0.6) is 0 Å². The molecule has 0 bridgehead atoms. The number of alkyl halides is 2. The molecule has 0 heterocycles. The summed E-state index contributed by atoms with van der Waals surface area (Å²) in [6.07, 6.45) is -3.36. The number of hydrogen-bond acceptors (Lipinski definition) is 2. The molecule has 2 amide bonds. The summed E-state index contributed by atoms with van der Waals surface area (Å²) in [5.74, 6) is -4.76. The summed E-state index contributed by atoms with van der Waals surface area (Å²) in [5.41, 5.74) is -0.0854. The second-order valence-electron chi connectivity index (χ2n) is 4.93. The van der Waals surface area contributed by atoms with E-state index in [1.807, 2.05) is 0 Å². The van der Waals surface area contributed by atoms with Gasteiger partial charge < -0.3 is 10.6 Å². The van der Waals surface area contributed by atoms with Crippen LogP contribution in [0, 0.1) is 18.6 Å². The molecule has 0 saturated heterocycles. The molecule has 126 valence electrons. The highest BCUT2D eigenvalue weighted by atomic mass is 19.3. The third-order valence-corrected chi connectivity index (χ3v) is 3.04. The zero-order chi connectivity index (χ0) is 17.9. The van der Waals surface area contributed by atoms with Gasteiger partial charge in [0.05, 0.1) is 11.4 Å². The molecule has 8 heteroatoms. The fourth-order valence-electron chi connectivity index (χ4n) is 1.91. The molecule has 0 atom stereocenters. The number of anilines is 2. The van der Waals surface area contributed by atoms with Crippen molar-refractivity contribution < 1.29 is 27.2 Å². The zero-order valence-electron chi connectivity index (χ0n) is 12.4. The predicted molar refractivity (Wildman–Crippen MR) is 80.1 cm³/mol. The highest BCUT2D eigenvalue weighted by Gasteiger charge is 2.19. The summed E-state index contributed by atoms with van der Waals surface area (Å²) in [6, 6.07) is 7.54. The molecule has 2 N–H and O–H groups in total. The van der Waals surface area contributed by atoms with Crippen molar-refractivity contribution in [3.05, 3.63) is 59.2 Å². The highest BCUT2D eigenvalue weighted by molar-refractivity contribution is 6.05. The molecule has 0 aromatic heterocycles. The molecular formula is C16H12F4N2O2. The van der Waals surface area contributed by atoms with E-state index in [1.165, 1.54) is 6.07 Å². The number of benzene rings is 2. The van der Waals surface area contributed by atoms with E-state index in [9.17, 15) is 27.2 Å². The fourth-order valence-corrected chi connectivity index (χ4v) is 1.91. The standard InChI is InChI=1S/C16H12F4N2O2/c1-8-3-2-4-9(5-8)15(23)21-12-7-13(11(18)6-10(12)17)22-16(24)14(19)20/h2-7,14H,1H3,(H,21,23)(H,22,24). The van der Waals surface area contributed by atoms with Gasteiger partial charge in [-0.15, -0.1) is 0 Å². The lowest BCUT2D eigenvalue weighted by Crippen LogP contribution is -2.21. The number of halogens is 4. The lowest BCUT2D eigenvalue weighted by molar-refractivity contribution is -0.126. The Balaban J connectivity index is 2.26. The number of aryl methyl sites for hydroxylation is 1. The van der Waals surface area contributed by atoms with Crippen molar-refractivity contribution in [3.8, 4) is 0 Å². The van der Waals surface area contributed by atoms with Crippen molar-refractivity contribution in [2.75, 3.05) is 10.6 Å². The summed E-state index contributed by atoms with van der Waals surface area (Å²) in [4.78, 5) is 23.0. The van der Waals surface area contributed by atoms with Crippen molar-refractivity contribution >= 4 is 23.2 Å². The maximum Gasteiger partial charge on any atom is 0.315 e. The molecule has 0 aliphatic rings. The van der Waals surface area contributed by atoms with Crippen molar-refractivity contribution in [2.45, 2.75) is 13.3 Å². The van der Waals surface area contributed by atoms with E-state index in [-0.39, 0.29) is 5.56 Å². The van der Waals surface area contributed by atoms with Gasteiger partial charge >= 0.3 is 6.43 Å². The molecule has 4 nitrogen and oxygen atoms in total. The number of carbonyl (C=O) groups is 2. The van der Waals surface area contributed by atoms with Gasteiger partial charge in [-0.3, -0.25) is 9.59 Å². The first kappa shape index (κ1) is 17.5. The lowest BCUT2D eigenvalue weighted by Gasteiger charge is -2.11. The number of nitrogens with one attached hydrogen (secondary N) is 2. The van der Waals surface area contributed by atoms with Crippen molar-refractivity contribution in [1.82, 2.24) is 0 Å². The third kappa shape index (κ3) is 4.09. The maximum absolute atomic E-state index is 13.8. The van der Waals surface area contributed by atoms with Crippen LogP contribution in [0.4, 0.5) is 28.9 Å². The quantitative estimate of drug-likeness (QED) is 0.833. The second-order valence-corrected chi connectivity index (χ2v) is 4.93. The first-order chi connectivity index (χ1) is 11.3. The van der Waals surface area contributed by atoms with Gasteiger partial charge in [0.1, 0.15) is 11.6 Å². The monoisotopic (exact) mass is 340 g/mol. The largest absolute Gasteiger partial charge is 0.319 e. The van der Waals surface area contributed by atoms with Gasteiger partial charge in [-0.25, -0.2) is 8.78 Å². The van der Waals surface area contributed by atoms with Gasteiger partial charge in [0.15, 0.2) is 0 Å². The Kier molecular flexibility index (Phi) is 5.18. The van der Waals surface area contributed by atoms with Crippen LogP contribution in [0.3, 0.4) is 0 Å². The smallest absolute Gasteiger partial charge is 0.315 e. The summed E-state index contributed by atoms with van der Waals surface area (Å²) in [7, 11) is 0. The lowest BCUT2D eigenvalue weighted by atomic mass is 10.1. The third-order valence-electron chi connectivity index (χ3n) is 3.04. The average Bonchev–Trinajstić information content (AvgIpc) is 2.51. The van der Waals surface area contributed by atoms with Crippen LogP contribution < -0.4 is 10.6 Å². The molecule has 0 spiro atoms. The molecule has 0 aliphatic heterocycles. The average molecular weight is 340 g/mol. The van der Waals surface area contributed by atoms with Crippen LogP contribution in [-0.2, 0) is 4.79 Å². The number of hydrogen-bond donors (Lipinski definition) is 2. The van der Waals surface area contributed by atoms with Gasteiger partial charge in [0.25, 0.3) is 11.8 Å². The predicted octanol–water partition coefficient (Wildman–Crippen LogP) is 3.73. The van der Waals surface area contributed by atoms with E-state index < -0.39 is 41.2 Å². The number of rotatable bonds is 4. The topological polar surface area (TPSA) is 58.2 Å². The Hall–Kier alpha value is -2.90. The van der Waals surface area contributed by atoms with E-state index in [0.717, 1.165) is 11.6 Å². The molecule has 0 aliphatic carbocycles. The molecule has 0 saturated carbocycles. The summed E-state index contributed by atoms with van der Waals surface area (Å²) in [5, 5.41) is 3.82. The van der Waals surface area contributed by atoms with E-state index in [1.54, 1.807) is 30.4 Å². The van der Waals surface area contributed by atoms with E-state index in [0.29, 0.717) is 6.07 Å². The van der Waals surface area contributed by atoms with Crippen molar-refractivity contribution in [2.24, 2.45) is 0 Å². The molecule has 2 rings (SSSR count). The first-order valence-electron chi connectivity index (χ1n) is 6.74. The molecule has 0 unspecified atom stereocenters. The minimum absolute atomic E-state index is 0.233. The molecule has 2 aromatic carbocycles. The van der Waals surface area contributed by atoms with E-state index >= 15 is 0 Å². The van der Waals surface area contributed by atoms with Crippen LogP contribution in [0.15, 0.2) is 36.4 Å². The summed E-state index contributed by atoms with van der Waals surface area (Å²) >= 11 is 0. The molecule has 2 aromatic rings. The zero-order valence-corrected chi connectivity index (χ0v) is 12.4. The maximum atomic E-state index is 13.8. The molecule has 24 heavy (non-hydrogen) atoms. The normalized spacial score (nSPS) is 10.6. The van der Waals surface area contributed by atoms with Gasteiger partial charge in [-0.05, 0) is 25.1 Å². The second kappa shape index (κ2) is 7.12. The van der Waals surface area contributed by atoms with Gasteiger partial charge in [-0.2, -0.15) is 8.78 Å². The summed E-state index contributed by atoms with van der Waals surface area (Å²) in [6.45, 7) is 1.76. The van der Waals surface area contributed by atoms with Crippen LogP contribution in [-0.4, -0.2) is 18.2 Å². The molecular weight excluding hydrogens is 328 g/mol. The number of carbonyl (C=O) groups excluding carboxylic acids is 2. The van der Waals surface area contributed by atoms with Crippen LogP contribution in [0.25, 0.3) is 0 Å². The van der Waals surface area contributed by atoms with Gasteiger partial charge in [-0.1, -0.05) is 17.7 Å². The van der Waals surface area contributed by atoms with Crippen LogP contribution in [0.1, 0.15) is 15.9 Å². The first-order valence-corrected chi connectivity index (χ1v) is 6.74. The number of amides is 2. The fraction of sp³-hybridized carbons (Fsp3) is 0.125. The van der Waals surface area contributed by atoms with Gasteiger partial charge in [0, 0.05) is 11.6 Å². The van der Waals surface area contributed by atoms with E-state index in [2.05, 4.69) is 5.32 Å². The molecule has 0 fully saturated rings. The van der Waals surface area contributed by atoms with Crippen molar-refractivity contribution in [1.29, 1.82) is 0 Å². The Labute approximate surface area is 134 Å². The van der Waals surface area contributed by atoms with Crippen LogP contribution in [0.2, 0.25) is 0 Å². The van der Waals surface area contributed by atoms with Gasteiger partial charge in [0.2, 0.25) is 0 Å². The molecule has 0 radical (unpaired) electrons. The van der Waals surface area contributed by atoms with E-state index in [4.69, 9.17) is 0 Å². The minimum Gasteiger partial charge on any atom is -0.319 e. The Morgan fingerprint density at radius 3 is 2.17 bits per heavy atom. The SMILES string of the molecule is Cc1cccc(C(=O)Nc2cc(NC(=O)C(F)F)c(F)cc2F)c1. The Bertz CT molecular complexity index is 794. The minimum atomic E-state index is -3.36. The highest BCUT2D eigenvalue weighted by Crippen LogP contribution is 2.24. The van der Waals surface area contributed by atoms with Crippen molar-refractivity contribution in [3.63, 3.8) is 0 Å². The Morgan fingerprint density at radius 2 is 1.58 bits per heavy atom. The van der Waals surface area contributed by atoms with Crippen LogP contribution >= 0.6 is 0 Å².